The number of aromatic nitrogens is 2. The maximum Gasteiger partial charge on any atom is 0.264 e. The van der Waals surface area contributed by atoms with Gasteiger partial charge in [0.05, 0.1) is 6.04 Å². The fraction of sp³-hybridized carbons (Fsp3) is 0.381. The number of aromatic amines is 1. The smallest absolute Gasteiger partial charge is 0.264 e. The Labute approximate surface area is 164 Å². The quantitative estimate of drug-likeness (QED) is 0.432. The third-order valence-electron chi connectivity index (χ3n) is 4.96. The second-order valence-corrected chi connectivity index (χ2v) is 7.26. The molecule has 0 aliphatic heterocycles. The van der Waals surface area contributed by atoms with Gasteiger partial charge in [0.25, 0.3) is 5.56 Å². The highest BCUT2D eigenvalue weighted by Gasteiger charge is 2.13. The van der Waals surface area contributed by atoms with Crippen LogP contribution in [0.2, 0.25) is 0 Å². The van der Waals surface area contributed by atoms with Gasteiger partial charge in [-0.1, -0.05) is 42.0 Å². The number of nitrogens with one attached hydrogen (secondary N) is 1. The lowest BCUT2D eigenvalue weighted by Crippen LogP contribution is -2.19. The molecule has 142 valence electrons. The molecule has 1 aromatic heterocycles. The van der Waals surface area contributed by atoms with Gasteiger partial charge in [0, 0.05) is 12.8 Å². The van der Waals surface area contributed by atoms with Crippen LogP contribution in [0, 0.1) is 4.77 Å². The highest BCUT2D eigenvalue weighted by molar-refractivity contribution is 7.71. The van der Waals surface area contributed by atoms with E-state index in [1.807, 2.05) is 37.3 Å². The third-order valence-corrected chi connectivity index (χ3v) is 5.28. The van der Waals surface area contributed by atoms with Crippen LogP contribution in [-0.4, -0.2) is 20.9 Å². The number of allylic oxidation sites excluding steroid dienone is 2. The summed E-state index contributed by atoms with van der Waals surface area (Å²) in [5, 5.41) is 10.6. The lowest BCUT2D eigenvalue weighted by molar-refractivity contribution is 0.402. The van der Waals surface area contributed by atoms with Crippen molar-refractivity contribution in [3.05, 3.63) is 68.2 Å². The molecule has 0 amide bonds. The molecule has 1 heterocycles. The van der Waals surface area contributed by atoms with E-state index in [0.717, 1.165) is 24.8 Å². The van der Waals surface area contributed by atoms with Gasteiger partial charge in [-0.15, -0.1) is 0 Å². The predicted molar refractivity (Wildman–Crippen MR) is 111 cm³/mol. The van der Waals surface area contributed by atoms with Crippen molar-refractivity contribution in [1.29, 1.82) is 0 Å². The number of rotatable bonds is 6. The zero-order valence-electron chi connectivity index (χ0n) is 15.5. The minimum Gasteiger partial charge on any atom is -0.494 e. The van der Waals surface area contributed by atoms with Crippen LogP contribution >= 0.6 is 12.2 Å². The number of H-pyrrole nitrogens is 1. The van der Waals surface area contributed by atoms with E-state index in [4.69, 9.17) is 12.2 Å². The van der Waals surface area contributed by atoms with Gasteiger partial charge in [-0.2, -0.15) is 0 Å². The Hall–Kier alpha value is -2.47. The molecule has 0 unspecified atom stereocenters. The van der Waals surface area contributed by atoms with Crippen molar-refractivity contribution in [2.45, 2.75) is 51.6 Å². The molecule has 0 radical (unpaired) electrons. The molecule has 2 aromatic rings. The standard InChI is InChI=1S/C21H25N3O2S/c1-15(17-10-6-3-7-11-17)22-14-18-19(25)23-21(27)24(20(18)26)13-12-16-8-4-2-5-9-16/h3,6-8,10-11,14-15,26H,2,4-5,9,12-13H2,1H3,(H,23,25,27)/t15-/m0/s1. The molecule has 0 saturated carbocycles. The van der Waals surface area contributed by atoms with Gasteiger partial charge in [-0.05, 0) is 56.8 Å². The average molecular weight is 384 g/mol. The Bertz CT molecular complexity index is 958. The van der Waals surface area contributed by atoms with Gasteiger partial charge in [0.1, 0.15) is 5.56 Å². The minimum absolute atomic E-state index is 0.117. The summed E-state index contributed by atoms with van der Waals surface area (Å²) < 4.78 is 1.82. The van der Waals surface area contributed by atoms with Crippen molar-refractivity contribution >= 4 is 18.4 Å². The van der Waals surface area contributed by atoms with Crippen LogP contribution in [-0.2, 0) is 6.54 Å². The zero-order valence-corrected chi connectivity index (χ0v) is 16.3. The van der Waals surface area contributed by atoms with E-state index in [2.05, 4.69) is 16.1 Å². The highest BCUT2D eigenvalue weighted by atomic mass is 32.1. The molecular formula is C21H25N3O2S. The molecule has 1 aliphatic carbocycles. The second kappa shape index (κ2) is 8.95. The van der Waals surface area contributed by atoms with Gasteiger partial charge in [-0.25, -0.2) is 0 Å². The van der Waals surface area contributed by atoms with Gasteiger partial charge in [0.2, 0.25) is 5.88 Å². The topological polar surface area (TPSA) is 70.4 Å². The molecule has 0 spiro atoms. The molecule has 1 aliphatic rings. The normalized spacial score (nSPS) is 15.7. The van der Waals surface area contributed by atoms with Gasteiger partial charge < -0.3 is 5.11 Å². The summed E-state index contributed by atoms with van der Waals surface area (Å²) in [6.45, 7) is 2.49. The average Bonchev–Trinajstić information content (AvgIpc) is 2.68. The van der Waals surface area contributed by atoms with Crippen molar-refractivity contribution in [3.8, 4) is 5.88 Å². The predicted octanol–water partition coefficient (Wildman–Crippen LogP) is 4.68. The summed E-state index contributed by atoms with van der Waals surface area (Å²) in [5.74, 6) is -0.121. The summed E-state index contributed by atoms with van der Waals surface area (Å²) in [6, 6.07) is 9.70. The Balaban J connectivity index is 1.83. The van der Waals surface area contributed by atoms with Crippen molar-refractivity contribution < 1.29 is 5.11 Å². The zero-order chi connectivity index (χ0) is 19.2. The summed E-state index contributed by atoms with van der Waals surface area (Å²) in [5.41, 5.74) is 2.15. The lowest BCUT2D eigenvalue weighted by atomic mass is 9.97. The van der Waals surface area contributed by atoms with E-state index in [0.29, 0.717) is 6.54 Å². The van der Waals surface area contributed by atoms with E-state index >= 15 is 0 Å². The molecule has 0 bridgehead atoms. The van der Waals surface area contributed by atoms with Crippen LogP contribution < -0.4 is 5.56 Å². The van der Waals surface area contributed by atoms with Gasteiger partial charge >= 0.3 is 0 Å². The summed E-state index contributed by atoms with van der Waals surface area (Å²) in [6.07, 6.45) is 9.22. The first-order valence-corrected chi connectivity index (χ1v) is 9.79. The van der Waals surface area contributed by atoms with Crippen molar-refractivity contribution in [1.82, 2.24) is 9.55 Å². The SMILES string of the molecule is C[C@H](N=Cc1c(O)n(CCC2=CCCCC2)c(=S)[nH]c1=O)c1ccccc1. The van der Waals surface area contributed by atoms with Crippen LogP contribution in [0.5, 0.6) is 5.88 Å². The van der Waals surface area contributed by atoms with E-state index in [1.165, 1.54) is 24.6 Å². The van der Waals surface area contributed by atoms with Crippen molar-refractivity contribution in [2.75, 3.05) is 0 Å². The lowest BCUT2D eigenvalue weighted by Gasteiger charge is -2.15. The fourth-order valence-corrected chi connectivity index (χ4v) is 3.56. The first kappa shape index (κ1) is 19.3. The second-order valence-electron chi connectivity index (χ2n) is 6.87. The molecular weight excluding hydrogens is 358 g/mol. The maximum absolute atomic E-state index is 12.3. The Kier molecular flexibility index (Phi) is 6.40. The first-order chi connectivity index (χ1) is 13.1. The maximum atomic E-state index is 12.3. The Morgan fingerprint density at radius 3 is 2.81 bits per heavy atom. The van der Waals surface area contributed by atoms with Crippen molar-refractivity contribution in [2.24, 2.45) is 4.99 Å². The number of aromatic hydroxyl groups is 1. The summed E-state index contributed by atoms with van der Waals surface area (Å²) >= 11 is 5.25. The molecule has 3 rings (SSSR count). The number of aliphatic imine (C=N–C) groups is 1. The number of nitrogens with zero attached hydrogens (tertiary/aromatic N) is 2. The van der Waals surface area contributed by atoms with Crippen LogP contribution in [0.1, 0.15) is 56.2 Å². The Morgan fingerprint density at radius 2 is 2.11 bits per heavy atom. The fourth-order valence-electron chi connectivity index (χ4n) is 3.29. The van der Waals surface area contributed by atoms with Gasteiger partial charge in [-0.3, -0.25) is 19.3 Å². The molecule has 2 N–H and O–H groups in total. The third kappa shape index (κ3) is 4.83. The number of hydrogen-bond donors (Lipinski definition) is 2. The van der Waals surface area contributed by atoms with E-state index in [1.54, 1.807) is 4.57 Å². The Morgan fingerprint density at radius 1 is 1.33 bits per heavy atom. The molecule has 27 heavy (non-hydrogen) atoms. The van der Waals surface area contributed by atoms with Crippen LogP contribution in [0.4, 0.5) is 0 Å². The van der Waals surface area contributed by atoms with Crippen LogP contribution in [0.15, 0.2) is 51.8 Å². The molecule has 0 fully saturated rings. The monoisotopic (exact) mass is 383 g/mol. The van der Waals surface area contributed by atoms with E-state index in [-0.39, 0.29) is 22.3 Å². The highest BCUT2D eigenvalue weighted by Crippen LogP contribution is 2.22. The minimum atomic E-state index is -0.422. The van der Waals surface area contributed by atoms with Crippen molar-refractivity contribution in [3.63, 3.8) is 0 Å². The molecule has 5 nitrogen and oxygen atoms in total. The molecule has 6 heteroatoms. The van der Waals surface area contributed by atoms with Crippen LogP contribution in [0.25, 0.3) is 0 Å². The van der Waals surface area contributed by atoms with Gasteiger partial charge in [0.15, 0.2) is 4.77 Å². The number of hydrogen-bond acceptors (Lipinski definition) is 4. The molecule has 0 saturated heterocycles. The molecule has 1 atom stereocenters. The molecule has 1 aromatic carbocycles. The first-order valence-electron chi connectivity index (χ1n) is 9.38. The summed E-state index contributed by atoms with van der Waals surface area (Å²) in [4.78, 5) is 19.4. The van der Waals surface area contributed by atoms with Crippen LogP contribution in [0.3, 0.4) is 0 Å². The largest absolute Gasteiger partial charge is 0.494 e. The summed E-state index contributed by atoms with van der Waals surface area (Å²) in [7, 11) is 0. The number of benzene rings is 1. The van der Waals surface area contributed by atoms with E-state index in [9.17, 15) is 9.90 Å². The van der Waals surface area contributed by atoms with E-state index < -0.39 is 5.56 Å².